The number of nitrogens with one attached hydrogen (secondary N) is 1. The lowest BCUT2D eigenvalue weighted by Gasteiger charge is -2.17. The summed E-state index contributed by atoms with van der Waals surface area (Å²) in [5, 5.41) is 12.0. The Morgan fingerprint density at radius 1 is 1.14 bits per heavy atom. The fourth-order valence-electron chi connectivity index (χ4n) is 2.54. The SMILES string of the molecule is O=C(O)c1ccc(CNc2ccc(N3CCCC3)cc2)o1. The molecule has 1 aliphatic rings. The minimum atomic E-state index is -1.05. The number of carbonyl (C=O) groups is 1. The Bertz CT molecular complexity index is 613. The number of carboxylic acids is 1. The second kappa shape index (κ2) is 5.91. The van der Waals surface area contributed by atoms with E-state index < -0.39 is 5.97 Å². The average molecular weight is 286 g/mol. The van der Waals surface area contributed by atoms with Crippen LogP contribution in [0.2, 0.25) is 0 Å². The molecule has 1 aliphatic heterocycles. The third kappa shape index (κ3) is 3.18. The number of anilines is 2. The molecule has 0 spiro atoms. The summed E-state index contributed by atoms with van der Waals surface area (Å²) in [5.74, 6) is -0.469. The van der Waals surface area contributed by atoms with Crippen molar-refractivity contribution in [1.82, 2.24) is 0 Å². The first-order chi connectivity index (χ1) is 10.2. The topological polar surface area (TPSA) is 65.7 Å². The number of hydrogen-bond acceptors (Lipinski definition) is 4. The monoisotopic (exact) mass is 286 g/mol. The zero-order valence-electron chi connectivity index (χ0n) is 11.7. The molecule has 0 amide bonds. The Kier molecular flexibility index (Phi) is 3.81. The summed E-state index contributed by atoms with van der Waals surface area (Å²) in [5.41, 5.74) is 2.25. The molecule has 1 aromatic heterocycles. The third-order valence-electron chi connectivity index (χ3n) is 3.68. The smallest absolute Gasteiger partial charge is 0.371 e. The molecule has 0 atom stereocenters. The minimum absolute atomic E-state index is 0.0313. The highest BCUT2D eigenvalue weighted by Crippen LogP contribution is 2.22. The molecule has 2 N–H and O–H groups in total. The summed E-state index contributed by atoms with van der Waals surface area (Å²) in [6.07, 6.45) is 2.54. The lowest BCUT2D eigenvalue weighted by Crippen LogP contribution is -2.17. The van der Waals surface area contributed by atoms with Crippen LogP contribution in [0.15, 0.2) is 40.8 Å². The van der Waals surface area contributed by atoms with Crippen molar-refractivity contribution >= 4 is 17.3 Å². The van der Waals surface area contributed by atoms with Gasteiger partial charge in [-0.3, -0.25) is 0 Å². The Balaban J connectivity index is 1.58. The van der Waals surface area contributed by atoms with E-state index in [1.165, 1.54) is 24.6 Å². The van der Waals surface area contributed by atoms with Crippen molar-refractivity contribution in [2.75, 3.05) is 23.3 Å². The Morgan fingerprint density at radius 2 is 1.86 bits per heavy atom. The van der Waals surface area contributed by atoms with Crippen molar-refractivity contribution in [3.63, 3.8) is 0 Å². The van der Waals surface area contributed by atoms with E-state index in [0.717, 1.165) is 18.8 Å². The van der Waals surface area contributed by atoms with Crippen LogP contribution in [-0.2, 0) is 6.54 Å². The van der Waals surface area contributed by atoms with Crippen molar-refractivity contribution in [2.24, 2.45) is 0 Å². The standard InChI is InChI=1S/C16H18N2O3/c19-16(20)15-8-7-14(21-15)11-17-12-3-5-13(6-4-12)18-9-1-2-10-18/h3-8,17H,1-2,9-11H2,(H,19,20). The van der Waals surface area contributed by atoms with Crippen LogP contribution in [0, 0.1) is 0 Å². The summed E-state index contributed by atoms with van der Waals surface area (Å²) in [4.78, 5) is 13.1. The van der Waals surface area contributed by atoms with Crippen molar-refractivity contribution in [2.45, 2.75) is 19.4 Å². The lowest BCUT2D eigenvalue weighted by molar-refractivity contribution is 0.0660. The Hall–Kier alpha value is -2.43. The molecule has 110 valence electrons. The van der Waals surface area contributed by atoms with E-state index in [2.05, 4.69) is 22.3 Å². The van der Waals surface area contributed by atoms with E-state index in [0.29, 0.717) is 12.3 Å². The summed E-state index contributed by atoms with van der Waals surface area (Å²) in [7, 11) is 0. The summed E-state index contributed by atoms with van der Waals surface area (Å²) in [6, 6.07) is 11.4. The summed E-state index contributed by atoms with van der Waals surface area (Å²) >= 11 is 0. The molecular formula is C16H18N2O3. The second-order valence-corrected chi connectivity index (χ2v) is 5.17. The van der Waals surface area contributed by atoms with Crippen molar-refractivity contribution in [3.05, 3.63) is 47.9 Å². The maximum absolute atomic E-state index is 10.7. The summed E-state index contributed by atoms with van der Waals surface area (Å²) < 4.78 is 5.20. The predicted molar refractivity (Wildman–Crippen MR) is 80.9 cm³/mol. The van der Waals surface area contributed by atoms with Crippen LogP contribution in [0.4, 0.5) is 11.4 Å². The molecule has 1 fully saturated rings. The van der Waals surface area contributed by atoms with Gasteiger partial charge in [0.1, 0.15) is 5.76 Å². The first-order valence-corrected chi connectivity index (χ1v) is 7.13. The van der Waals surface area contributed by atoms with Gasteiger partial charge in [-0.25, -0.2) is 4.79 Å². The molecule has 5 nitrogen and oxygen atoms in total. The number of hydrogen-bond donors (Lipinski definition) is 2. The second-order valence-electron chi connectivity index (χ2n) is 5.17. The van der Waals surface area contributed by atoms with Gasteiger partial charge in [0.2, 0.25) is 5.76 Å². The van der Waals surface area contributed by atoms with E-state index in [4.69, 9.17) is 9.52 Å². The maximum atomic E-state index is 10.7. The molecule has 0 unspecified atom stereocenters. The van der Waals surface area contributed by atoms with Gasteiger partial charge in [-0.2, -0.15) is 0 Å². The van der Waals surface area contributed by atoms with Crippen LogP contribution in [0.1, 0.15) is 29.2 Å². The molecule has 1 saturated heterocycles. The molecule has 1 aromatic carbocycles. The van der Waals surface area contributed by atoms with Gasteiger partial charge in [0.15, 0.2) is 0 Å². The summed E-state index contributed by atoms with van der Waals surface area (Å²) in [6.45, 7) is 2.74. The fourth-order valence-corrected chi connectivity index (χ4v) is 2.54. The van der Waals surface area contributed by atoms with Gasteiger partial charge in [-0.15, -0.1) is 0 Å². The zero-order valence-corrected chi connectivity index (χ0v) is 11.7. The van der Waals surface area contributed by atoms with Gasteiger partial charge < -0.3 is 19.7 Å². The van der Waals surface area contributed by atoms with Crippen molar-refractivity contribution in [3.8, 4) is 0 Å². The highest BCUT2D eigenvalue weighted by atomic mass is 16.4. The molecule has 2 heterocycles. The molecule has 0 saturated carbocycles. The molecule has 0 radical (unpaired) electrons. The van der Waals surface area contributed by atoms with Crippen LogP contribution in [0.5, 0.6) is 0 Å². The number of aromatic carboxylic acids is 1. The average Bonchev–Trinajstić information content (AvgIpc) is 3.17. The fraction of sp³-hybridized carbons (Fsp3) is 0.312. The van der Waals surface area contributed by atoms with Gasteiger partial charge in [-0.1, -0.05) is 0 Å². The van der Waals surface area contributed by atoms with Gasteiger partial charge in [0, 0.05) is 24.5 Å². The lowest BCUT2D eigenvalue weighted by atomic mass is 10.2. The molecule has 5 heteroatoms. The van der Waals surface area contributed by atoms with Crippen LogP contribution in [0.25, 0.3) is 0 Å². The predicted octanol–water partition coefficient (Wildman–Crippen LogP) is 3.19. The Labute approximate surface area is 123 Å². The first kappa shape index (κ1) is 13.5. The van der Waals surface area contributed by atoms with Crippen LogP contribution in [0.3, 0.4) is 0 Å². The van der Waals surface area contributed by atoms with Gasteiger partial charge in [0.05, 0.1) is 6.54 Å². The third-order valence-corrected chi connectivity index (χ3v) is 3.68. The van der Waals surface area contributed by atoms with Crippen LogP contribution >= 0.6 is 0 Å². The largest absolute Gasteiger partial charge is 0.475 e. The van der Waals surface area contributed by atoms with E-state index in [1.54, 1.807) is 6.07 Å². The van der Waals surface area contributed by atoms with E-state index >= 15 is 0 Å². The van der Waals surface area contributed by atoms with E-state index in [1.807, 2.05) is 12.1 Å². The van der Waals surface area contributed by atoms with Gasteiger partial charge >= 0.3 is 5.97 Å². The normalized spacial score (nSPS) is 14.4. The van der Waals surface area contributed by atoms with Gasteiger partial charge in [0.25, 0.3) is 0 Å². The van der Waals surface area contributed by atoms with Crippen LogP contribution in [-0.4, -0.2) is 24.2 Å². The highest BCUT2D eigenvalue weighted by molar-refractivity contribution is 5.84. The number of nitrogens with zero attached hydrogens (tertiary/aromatic N) is 1. The molecular weight excluding hydrogens is 268 g/mol. The number of carboxylic acid groups (broad SMARTS) is 1. The molecule has 21 heavy (non-hydrogen) atoms. The van der Waals surface area contributed by atoms with Gasteiger partial charge in [-0.05, 0) is 49.2 Å². The van der Waals surface area contributed by atoms with Crippen LogP contribution < -0.4 is 10.2 Å². The van der Waals surface area contributed by atoms with E-state index in [9.17, 15) is 4.79 Å². The molecule has 0 aliphatic carbocycles. The molecule has 2 aromatic rings. The van der Waals surface area contributed by atoms with Crippen molar-refractivity contribution < 1.29 is 14.3 Å². The zero-order chi connectivity index (χ0) is 14.7. The number of rotatable bonds is 5. The maximum Gasteiger partial charge on any atom is 0.371 e. The first-order valence-electron chi connectivity index (χ1n) is 7.13. The minimum Gasteiger partial charge on any atom is -0.475 e. The molecule has 0 bridgehead atoms. The van der Waals surface area contributed by atoms with E-state index in [-0.39, 0.29) is 5.76 Å². The highest BCUT2D eigenvalue weighted by Gasteiger charge is 2.12. The number of furan rings is 1. The Morgan fingerprint density at radius 3 is 2.48 bits per heavy atom. The number of benzene rings is 1. The van der Waals surface area contributed by atoms with Crippen molar-refractivity contribution in [1.29, 1.82) is 0 Å². The molecule has 3 rings (SSSR count). The quantitative estimate of drug-likeness (QED) is 0.883.